The summed E-state index contributed by atoms with van der Waals surface area (Å²) in [5.41, 5.74) is 2.36. The summed E-state index contributed by atoms with van der Waals surface area (Å²) in [4.78, 5) is 15.3. The van der Waals surface area contributed by atoms with Crippen LogP contribution in [-0.4, -0.2) is 60.4 Å². The van der Waals surface area contributed by atoms with Crippen LogP contribution in [0, 0.1) is 5.82 Å². The number of amides is 1. The van der Waals surface area contributed by atoms with E-state index in [0.29, 0.717) is 11.4 Å². The van der Waals surface area contributed by atoms with Crippen molar-refractivity contribution >= 4 is 27.5 Å². The molecule has 0 saturated carbocycles. The largest absolute Gasteiger partial charge is 0.379 e. The van der Waals surface area contributed by atoms with E-state index in [2.05, 4.69) is 20.4 Å². The summed E-state index contributed by atoms with van der Waals surface area (Å²) in [7, 11) is 0. The molecule has 0 radical (unpaired) electrons. The number of hydrogen-bond acceptors (Lipinski definition) is 5. The van der Waals surface area contributed by atoms with E-state index < -0.39 is 0 Å². The lowest BCUT2D eigenvalue weighted by atomic mass is 10.1. The predicted molar refractivity (Wildman–Crippen MR) is 99.0 cm³/mol. The summed E-state index contributed by atoms with van der Waals surface area (Å²) >= 11 is 1.39. The van der Waals surface area contributed by atoms with Crippen LogP contribution < -0.4 is 5.32 Å². The van der Waals surface area contributed by atoms with E-state index >= 15 is 0 Å². The number of halogens is 1. The number of carbonyl (C=O) groups is 1. The van der Waals surface area contributed by atoms with Gasteiger partial charge in [0.1, 0.15) is 11.5 Å². The summed E-state index contributed by atoms with van der Waals surface area (Å²) in [6.45, 7) is 4.75. The predicted octanol–water partition coefficient (Wildman–Crippen LogP) is 2.49. The zero-order chi connectivity index (χ0) is 17.9. The van der Waals surface area contributed by atoms with Gasteiger partial charge in [0, 0.05) is 31.7 Å². The number of aromatic amines is 1. The zero-order valence-corrected chi connectivity index (χ0v) is 14.9. The molecular formula is C18H19FN4O2S. The van der Waals surface area contributed by atoms with E-state index in [-0.39, 0.29) is 11.7 Å². The lowest BCUT2D eigenvalue weighted by Gasteiger charge is -2.26. The fraction of sp³-hybridized carbons (Fsp3) is 0.333. The van der Waals surface area contributed by atoms with Gasteiger partial charge in [0.25, 0.3) is 5.91 Å². The van der Waals surface area contributed by atoms with Crippen LogP contribution in [0.25, 0.3) is 21.5 Å². The second-order valence-corrected chi connectivity index (χ2v) is 7.19. The summed E-state index contributed by atoms with van der Waals surface area (Å²) in [6.07, 6.45) is 0. The van der Waals surface area contributed by atoms with Crippen LogP contribution >= 0.6 is 11.3 Å². The minimum Gasteiger partial charge on any atom is -0.379 e. The first kappa shape index (κ1) is 17.1. The third kappa shape index (κ3) is 3.62. The number of benzene rings is 1. The molecule has 0 spiro atoms. The second-order valence-electron chi connectivity index (χ2n) is 6.14. The molecule has 3 heterocycles. The van der Waals surface area contributed by atoms with E-state index in [1.54, 1.807) is 12.1 Å². The number of hydrogen-bond donors (Lipinski definition) is 2. The third-order valence-corrected chi connectivity index (χ3v) is 5.53. The van der Waals surface area contributed by atoms with Crippen LogP contribution in [0.2, 0.25) is 0 Å². The highest BCUT2D eigenvalue weighted by molar-refractivity contribution is 7.21. The maximum Gasteiger partial charge on any atom is 0.261 e. The first-order valence-electron chi connectivity index (χ1n) is 8.53. The van der Waals surface area contributed by atoms with Gasteiger partial charge in [-0.1, -0.05) is 0 Å². The Hall–Kier alpha value is -2.29. The Morgan fingerprint density at radius 1 is 1.31 bits per heavy atom. The highest BCUT2D eigenvalue weighted by atomic mass is 32.1. The number of morpholine rings is 1. The van der Waals surface area contributed by atoms with E-state index in [9.17, 15) is 9.18 Å². The number of nitrogens with zero attached hydrogens (tertiary/aromatic N) is 2. The van der Waals surface area contributed by atoms with Crippen LogP contribution in [-0.2, 0) is 4.74 Å². The Kier molecular flexibility index (Phi) is 4.96. The van der Waals surface area contributed by atoms with Crippen molar-refractivity contribution in [3.05, 3.63) is 41.0 Å². The lowest BCUT2D eigenvalue weighted by molar-refractivity contribution is 0.0383. The molecular weight excluding hydrogens is 355 g/mol. The van der Waals surface area contributed by atoms with Gasteiger partial charge >= 0.3 is 0 Å². The van der Waals surface area contributed by atoms with Crippen molar-refractivity contribution in [2.24, 2.45) is 0 Å². The maximum absolute atomic E-state index is 13.1. The fourth-order valence-electron chi connectivity index (χ4n) is 2.97. The normalized spacial score (nSPS) is 15.4. The number of rotatable bonds is 5. The number of fused-ring (bicyclic) bond motifs is 1. The van der Waals surface area contributed by atoms with Crippen LogP contribution in [0.1, 0.15) is 9.67 Å². The molecule has 6 nitrogen and oxygen atoms in total. The number of ether oxygens (including phenoxy) is 1. The Morgan fingerprint density at radius 3 is 2.85 bits per heavy atom. The fourth-order valence-corrected chi connectivity index (χ4v) is 4.01. The number of thiophene rings is 1. The molecule has 2 N–H and O–H groups in total. The molecule has 8 heteroatoms. The molecule has 136 valence electrons. The van der Waals surface area contributed by atoms with E-state index in [0.717, 1.165) is 54.3 Å². The van der Waals surface area contributed by atoms with Crippen molar-refractivity contribution in [2.75, 3.05) is 39.4 Å². The van der Waals surface area contributed by atoms with Gasteiger partial charge in [-0.3, -0.25) is 14.8 Å². The van der Waals surface area contributed by atoms with Gasteiger partial charge < -0.3 is 10.1 Å². The minimum atomic E-state index is -0.285. The lowest BCUT2D eigenvalue weighted by Crippen LogP contribution is -2.41. The monoisotopic (exact) mass is 374 g/mol. The van der Waals surface area contributed by atoms with Crippen molar-refractivity contribution in [3.8, 4) is 11.3 Å². The molecule has 1 aliphatic rings. The number of H-pyrrole nitrogens is 1. The number of nitrogens with one attached hydrogen (secondary N) is 2. The van der Waals surface area contributed by atoms with Crippen LogP contribution in [0.4, 0.5) is 4.39 Å². The van der Waals surface area contributed by atoms with Crippen LogP contribution in [0.15, 0.2) is 30.3 Å². The molecule has 1 aromatic carbocycles. The summed E-state index contributed by atoms with van der Waals surface area (Å²) in [5, 5.41) is 10.2. The Bertz CT molecular complexity index is 900. The second kappa shape index (κ2) is 7.53. The smallest absolute Gasteiger partial charge is 0.261 e. The maximum atomic E-state index is 13.1. The minimum absolute atomic E-state index is 0.0853. The van der Waals surface area contributed by atoms with Crippen LogP contribution in [0.3, 0.4) is 0 Å². The summed E-state index contributed by atoms with van der Waals surface area (Å²) in [5.74, 6) is -0.370. The van der Waals surface area contributed by atoms with Gasteiger partial charge in [-0.25, -0.2) is 4.39 Å². The first-order chi connectivity index (χ1) is 12.7. The van der Waals surface area contributed by atoms with Gasteiger partial charge in [-0.05, 0) is 30.3 Å². The molecule has 0 unspecified atom stereocenters. The van der Waals surface area contributed by atoms with Crippen molar-refractivity contribution in [2.45, 2.75) is 0 Å². The first-order valence-corrected chi connectivity index (χ1v) is 9.34. The molecule has 3 aromatic rings. The molecule has 2 aromatic heterocycles. The molecule has 1 fully saturated rings. The van der Waals surface area contributed by atoms with Gasteiger partial charge in [-0.2, -0.15) is 5.10 Å². The molecule has 1 saturated heterocycles. The van der Waals surface area contributed by atoms with Gasteiger partial charge in [0.15, 0.2) is 0 Å². The summed E-state index contributed by atoms with van der Waals surface area (Å²) < 4.78 is 19.3. The van der Waals surface area contributed by atoms with Crippen molar-refractivity contribution < 1.29 is 13.9 Å². The van der Waals surface area contributed by atoms with E-state index in [1.165, 1.54) is 23.5 Å². The average Bonchev–Trinajstić information content (AvgIpc) is 3.24. The van der Waals surface area contributed by atoms with E-state index in [1.807, 2.05) is 6.07 Å². The Labute approximate surface area is 154 Å². The highest BCUT2D eigenvalue weighted by Gasteiger charge is 2.16. The van der Waals surface area contributed by atoms with Crippen LogP contribution in [0.5, 0.6) is 0 Å². The van der Waals surface area contributed by atoms with E-state index in [4.69, 9.17) is 4.74 Å². The molecule has 0 atom stereocenters. The average molecular weight is 374 g/mol. The highest BCUT2D eigenvalue weighted by Crippen LogP contribution is 2.33. The Balaban J connectivity index is 1.43. The standard InChI is InChI=1S/C18H19FN4O2S/c19-13-3-1-12(2-4-13)16-17-14(21-22-16)11-15(26-17)18(24)20-5-6-23-7-9-25-10-8-23/h1-4,11H,5-10H2,(H,20,24)(H,21,22). The molecule has 1 aliphatic heterocycles. The van der Waals surface area contributed by atoms with Crippen molar-refractivity contribution in [1.29, 1.82) is 0 Å². The molecule has 4 rings (SSSR count). The molecule has 0 aliphatic carbocycles. The van der Waals surface area contributed by atoms with Gasteiger partial charge in [0.2, 0.25) is 0 Å². The molecule has 0 bridgehead atoms. The topological polar surface area (TPSA) is 70.2 Å². The van der Waals surface area contributed by atoms with Crippen molar-refractivity contribution in [3.63, 3.8) is 0 Å². The summed E-state index contributed by atoms with van der Waals surface area (Å²) in [6, 6.07) is 8.00. The van der Waals surface area contributed by atoms with Gasteiger partial charge in [0.05, 0.1) is 28.3 Å². The molecule has 26 heavy (non-hydrogen) atoms. The third-order valence-electron chi connectivity index (χ3n) is 4.39. The zero-order valence-electron chi connectivity index (χ0n) is 14.1. The number of carbonyl (C=O) groups excluding carboxylic acids is 1. The molecule has 1 amide bonds. The quantitative estimate of drug-likeness (QED) is 0.720. The van der Waals surface area contributed by atoms with Crippen molar-refractivity contribution in [1.82, 2.24) is 20.4 Å². The number of aromatic nitrogens is 2. The van der Waals surface area contributed by atoms with Gasteiger partial charge in [-0.15, -0.1) is 11.3 Å². The Morgan fingerprint density at radius 2 is 2.08 bits per heavy atom. The SMILES string of the molecule is O=C(NCCN1CCOCC1)c1cc2[nH]nc(-c3ccc(F)cc3)c2s1.